The second-order valence-electron chi connectivity index (χ2n) is 5.65. The van der Waals surface area contributed by atoms with Gasteiger partial charge in [-0.05, 0) is 42.3 Å². The van der Waals surface area contributed by atoms with Gasteiger partial charge in [0.15, 0.2) is 0 Å². The number of methoxy groups -OCH3 is 1. The van der Waals surface area contributed by atoms with Gasteiger partial charge in [0.05, 0.1) is 22.8 Å². The monoisotopic (exact) mass is 403 g/mol. The zero-order valence-electron chi connectivity index (χ0n) is 14.8. The number of nitrogens with one attached hydrogen (secondary N) is 1. The van der Waals surface area contributed by atoms with E-state index < -0.39 is 21.8 Å². The first-order valence-corrected chi connectivity index (χ1v) is 9.60. The molecule has 9 heteroatoms. The van der Waals surface area contributed by atoms with Gasteiger partial charge in [-0.3, -0.25) is 4.72 Å². The van der Waals surface area contributed by atoms with Gasteiger partial charge in [-0.25, -0.2) is 8.42 Å². The quantitative estimate of drug-likeness (QED) is 0.675. The van der Waals surface area contributed by atoms with E-state index in [1.807, 2.05) is 6.92 Å². The number of halogens is 3. The second kappa shape index (κ2) is 8.62. The Hall–Kier alpha value is -2.26. The normalized spacial score (nSPS) is 12.0. The summed E-state index contributed by atoms with van der Waals surface area (Å²) in [6.45, 7) is 2.18. The smallest absolute Gasteiger partial charge is 0.416 e. The zero-order chi connectivity index (χ0) is 20.1. The summed E-state index contributed by atoms with van der Waals surface area (Å²) in [6.07, 6.45) is -3.88. The van der Waals surface area contributed by atoms with Crippen molar-refractivity contribution in [3.8, 4) is 5.75 Å². The topological polar surface area (TPSA) is 64.6 Å². The molecule has 0 aromatic heterocycles. The molecule has 148 valence electrons. The van der Waals surface area contributed by atoms with Crippen LogP contribution in [0.1, 0.15) is 18.1 Å². The van der Waals surface area contributed by atoms with Gasteiger partial charge in [0.25, 0.3) is 10.0 Å². The number of ether oxygens (including phenoxy) is 2. The maximum absolute atomic E-state index is 13.0. The number of hydrogen-bond donors (Lipinski definition) is 1. The van der Waals surface area contributed by atoms with Gasteiger partial charge < -0.3 is 9.47 Å². The average molecular weight is 403 g/mol. The molecule has 0 heterocycles. The van der Waals surface area contributed by atoms with Crippen LogP contribution in [0.25, 0.3) is 0 Å². The molecule has 2 aromatic rings. The molecule has 5 nitrogen and oxygen atoms in total. The Morgan fingerprint density at radius 1 is 1.04 bits per heavy atom. The van der Waals surface area contributed by atoms with Gasteiger partial charge in [-0.15, -0.1) is 0 Å². The number of hydrogen-bond acceptors (Lipinski definition) is 4. The van der Waals surface area contributed by atoms with E-state index in [4.69, 9.17) is 9.47 Å². The molecule has 0 amide bonds. The molecule has 0 radical (unpaired) electrons. The maximum atomic E-state index is 13.0. The molecule has 0 bridgehead atoms. The Bertz CT molecular complexity index is 865. The van der Waals surface area contributed by atoms with E-state index in [0.717, 1.165) is 24.1 Å². The SMILES string of the molecule is CCc1ccc(S(=O)(=O)Nc2cc(C(F)(F)F)ccc2OCCOC)cc1. The Morgan fingerprint density at radius 2 is 1.70 bits per heavy atom. The molecule has 0 aliphatic heterocycles. The predicted molar refractivity (Wildman–Crippen MR) is 95.4 cm³/mol. The molecule has 0 saturated carbocycles. The lowest BCUT2D eigenvalue weighted by molar-refractivity contribution is -0.137. The van der Waals surface area contributed by atoms with Crippen molar-refractivity contribution in [3.63, 3.8) is 0 Å². The van der Waals surface area contributed by atoms with Crippen molar-refractivity contribution in [2.75, 3.05) is 25.0 Å². The number of aryl methyl sites for hydroxylation is 1. The van der Waals surface area contributed by atoms with Gasteiger partial charge in [0.2, 0.25) is 0 Å². The van der Waals surface area contributed by atoms with Crippen molar-refractivity contribution >= 4 is 15.7 Å². The van der Waals surface area contributed by atoms with Crippen molar-refractivity contribution in [2.45, 2.75) is 24.4 Å². The highest BCUT2D eigenvalue weighted by Crippen LogP contribution is 2.36. The maximum Gasteiger partial charge on any atom is 0.416 e. The van der Waals surface area contributed by atoms with E-state index in [9.17, 15) is 21.6 Å². The minimum atomic E-state index is -4.62. The van der Waals surface area contributed by atoms with Gasteiger partial charge in [0, 0.05) is 7.11 Å². The molecular weight excluding hydrogens is 383 g/mol. The van der Waals surface area contributed by atoms with Gasteiger partial charge in [-0.2, -0.15) is 13.2 Å². The van der Waals surface area contributed by atoms with E-state index in [0.29, 0.717) is 6.07 Å². The van der Waals surface area contributed by atoms with Crippen LogP contribution in [-0.4, -0.2) is 28.7 Å². The van der Waals surface area contributed by atoms with Crippen LogP contribution in [0.15, 0.2) is 47.4 Å². The van der Waals surface area contributed by atoms with E-state index in [2.05, 4.69) is 4.72 Å². The number of sulfonamides is 1. The summed E-state index contributed by atoms with van der Waals surface area (Å²) in [5.41, 5.74) is -0.335. The Balaban J connectivity index is 2.37. The highest BCUT2D eigenvalue weighted by Gasteiger charge is 2.32. The van der Waals surface area contributed by atoms with Crippen LogP contribution in [0.2, 0.25) is 0 Å². The van der Waals surface area contributed by atoms with E-state index in [-0.39, 0.29) is 29.5 Å². The fourth-order valence-corrected chi connectivity index (χ4v) is 3.32. The fourth-order valence-electron chi connectivity index (χ4n) is 2.25. The molecule has 0 aliphatic rings. The summed E-state index contributed by atoms with van der Waals surface area (Å²) in [7, 11) is -2.64. The first kappa shape index (κ1) is 21.0. The van der Waals surface area contributed by atoms with Crippen molar-refractivity contribution in [2.24, 2.45) is 0 Å². The number of rotatable bonds is 8. The van der Waals surface area contributed by atoms with Crippen LogP contribution in [0.4, 0.5) is 18.9 Å². The molecule has 0 spiro atoms. The summed E-state index contributed by atoms with van der Waals surface area (Å²) >= 11 is 0. The summed E-state index contributed by atoms with van der Waals surface area (Å²) in [6, 6.07) is 8.72. The first-order valence-electron chi connectivity index (χ1n) is 8.12. The van der Waals surface area contributed by atoms with Gasteiger partial charge >= 0.3 is 6.18 Å². The number of anilines is 1. The largest absolute Gasteiger partial charge is 0.489 e. The average Bonchev–Trinajstić information content (AvgIpc) is 2.62. The third kappa shape index (κ3) is 5.61. The van der Waals surface area contributed by atoms with Crippen molar-refractivity contribution in [1.29, 1.82) is 0 Å². The van der Waals surface area contributed by atoms with Crippen LogP contribution in [0.3, 0.4) is 0 Å². The first-order chi connectivity index (χ1) is 12.7. The summed E-state index contributed by atoms with van der Waals surface area (Å²) in [5.74, 6) is -0.0196. The molecule has 0 saturated heterocycles. The molecule has 0 aliphatic carbocycles. The van der Waals surface area contributed by atoms with E-state index >= 15 is 0 Å². The van der Waals surface area contributed by atoms with Crippen LogP contribution in [-0.2, 0) is 27.4 Å². The predicted octanol–water partition coefficient (Wildman–Crippen LogP) is 4.09. The van der Waals surface area contributed by atoms with Crippen molar-refractivity contribution < 1.29 is 31.1 Å². The summed E-state index contributed by atoms with van der Waals surface area (Å²) < 4.78 is 76.5. The van der Waals surface area contributed by atoms with Gasteiger partial charge in [0.1, 0.15) is 12.4 Å². The lowest BCUT2D eigenvalue weighted by Gasteiger charge is -2.16. The molecule has 27 heavy (non-hydrogen) atoms. The molecule has 0 fully saturated rings. The van der Waals surface area contributed by atoms with Crippen LogP contribution < -0.4 is 9.46 Å². The Morgan fingerprint density at radius 3 is 2.26 bits per heavy atom. The highest BCUT2D eigenvalue weighted by molar-refractivity contribution is 7.92. The zero-order valence-corrected chi connectivity index (χ0v) is 15.7. The molecule has 1 N–H and O–H groups in total. The molecular formula is C18H20F3NO4S. The lowest BCUT2D eigenvalue weighted by atomic mass is 10.2. The standard InChI is InChI=1S/C18H20F3NO4S/c1-3-13-4-7-15(8-5-13)27(23,24)22-16-12-14(18(19,20)21)6-9-17(16)26-11-10-25-2/h4-9,12,22H,3,10-11H2,1-2H3. The third-order valence-electron chi connectivity index (χ3n) is 3.74. The molecule has 0 unspecified atom stereocenters. The minimum Gasteiger partial charge on any atom is -0.489 e. The number of benzene rings is 2. The van der Waals surface area contributed by atoms with E-state index in [1.54, 1.807) is 12.1 Å². The summed E-state index contributed by atoms with van der Waals surface area (Å²) in [4.78, 5) is -0.0556. The Kier molecular flexibility index (Phi) is 6.72. The van der Waals surface area contributed by atoms with Crippen molar-refractivity contribution in [1.82, 2.24) is 0 Å². The molecule has 0 atom stereocenters. The third-order valence-corrected chi connectivity index (χ3v) is 5.12. The number of alkyl halides is 3. The second-order valence-corrected chi connectivity index (χ2v) is 7.34. The lowest BCUT2D eigenvalue weighted by Crippen LogP contribution is -2.16. The minimum absolute atomic E-state index is 0.0196. The van der Waals surface area contributed by atoms with Crippen LogP contribution in [0.5, 0.6) is 5.75 Å². The fraction of sp³-hybridized carbons (Fsp3) is 0.333. The molecule has 2 aromatic carbocycles. The van der Waals surface area contributed by atoms with Gasteiger partial charge in [-0.1, -0.05) is 19.1 Å². The summed E-state index contributed by atoms with van der Waals surface area (Å²) in [5, 5.41) is 0. The van der Waals surface area contributed by atoms with Crippen LogP contribution >= 0.6 is 0 Å². The van der Waals surface area contributed by atoms with E-state index in [1.165, 1.54) is 19.2 Å². The molecule has 2 rings (SSSR count). The van der Waals surface area contributed by atoms with Crippen molar-refractivity contribution in [3.05, 3.63) is 53.6 Å². The Labute approximate surface area is 156 Å². The van der Waals surface area contributed by atoms with Crippen LogP contribution in [0, 0.1) is 0 Å². The highest BCUT2D eigenvalue weighted by atomic mass is 32.2.